The summed E-state index contributed by atoms with van der Waals surface area (Å²) in [6.07, 6.45) is 3.67. The van der Waals surface area contributed by atoms with Gasteiger partial charge in [0.15, 0.2) is 0 Å². The minimum absolute atomic E-state index is 0.328. The van der Waals surface area contributed by atoms with Gasteiger partial charge < -0.3 is 19.9 Å². The summed E-state index contributed by atoms with van der Waals surface area (Å²) in [5.74, 6) is 2.04. The maximum absolute atomic E-state index is 5.81. The molecule has 178 valence electrons. The van der Waals surface area contributed by atoms with Gasteiger partial charge in [-0.1, -0.05) is 48.0 Å². The highest BCUT2D eigenvalue weighted by molar-refractivity contribution is 5.99. The lowest BCUT2D eigenvalue weighted by atomic mass is 10.2. The van der Waals surface area contributed by atoms with E-state index >= 15 is 0 Å². The number of nitrogens with one attached hydrogen (secondary N) is 3. The Labute approximate surface area is 207 Å². The van der Waals surface area contributed by atoms with Crippen LogP contribution in [0.15, 0.2) is 84.1 Å². The predicted octanol–water partition coefficient (Wildman–Crippen LogP) is 5.38. The zero-order chi connectivity index (χ0) is 24.3. The summed E-state index contributed by atoms with van der Waals surface area (Å²) in [4.78, 5) is 19.2. The highest BCUT2D eigenvalue weighted by atomic mass is 16.5. The first-order valence-electron chi connectivity index (χ1n) is 11.7. The molecule has 36 heavy (non-hydrogen) atoms. The molecule has 9 nitrogen and oxygen atoms in total. The highest BCUT2D eigenvalue weighted by Gasteiger charge is 2.22. The second kappa shape index (κ2) is 9.38. The fourth-order valence-electron chi connectivity index (χ4n) is 4.09. The van der Waals surface area contributed by atoms with Crippen LogP contribution in [0.25, 0.3) is 10.9 Å². The van der Waals surface area contributed by atoms with E-state index in [-0.39, 0.29) is 0 Å². The largest absolute Gasteiger partial charge is 0.490 e. The maximum Gasteiger partial charge on any atom is 0.250 e. The van der Waals surface area contributed by atoms with Gasteiger partial charge in [0, 0.05) is 28.4 Å². The van der Waals surface area contributed by atoms with Crippen LogP contribution in [-0.4, -0.2) is 39.3 Å². The molecule has 3 N–H and O–H groups in total. The second-order valence-corrected chi connectivity index (χ2v) is 8.40. The van der Waals surface area contributed by atoms with Crippen LogP contribution in [0.5, 0.6) is 5.75 Å². The average Bonchev–Trinajstić information content (AvgIpc) is 3.33. The topological polar surface area (TPSA) is 103 Å². The predicted molar refractivity (Wildman–Crippen MR) is 143 cm³/mol. The van der Waals surface area contributed by atoms with Crippen LogP contribution >= 0.6 is 0 Å². The van der Waals surface area contributed by atoms with Gasteiger partial charge in [-0.2, -0.15) is 20.1 Å². The van der Waals surface area contributed by atoms with Gasteiger partial charge in [0.05, 0.1) is 18.4 Å². The first kappa shape index (κ1) is 21.6. The molecule has 2 aromatic heterocycles. The second-order valence-electron chi connectivity index (χ2n) is 8.40. The summed E-state index contributed by atoms with van der Waals surface area (Å²) < 4.78 is 5.81. The van der Waals surface area contributed by atoms with E-state index in [1.807, 2.05) is 83.9 Å². The van der Waals surface area contributed by atoms with E-state index in [1.165, 1.54) is 5.56 Å². The fraction of sp³-hybridized carbons (Fsp3) is 0.111. The monoisotopic (exact) mass is 476 g/mol. The minimum Gasteiger partial charge on any atom is -0.490 e. The van der Waals surface area contributed by atoms with Crippen LogP contribution < -0.4 is 20.4 Å². The van der Waals surface area contributed by atoms with E-state index in [2.05, 4.69) is 37.7 Å². The molecular formula is C27H24N8O. The number of fused-ring (bicyclic) bond motifs is 2. The molecular weight excluding hydrogens is 452 g/mol. The number of ether oxygens (including phenoxy) is 1. The lowest BCUT2D eigenvalue weighted by molar-refractivity contribution is 0.313. The van der Waals surface area contributed by atoms with Crippen LogP contribution in [0.4, 0.5) is 29.2 Å². The molecule has 1 aliphatic heterocycles. The van der Waals surface area contributed by atoms with Crippen molar-refractivity contribution in [2.45, 2.75) is 6.92 Å². The molecule has 0 spiro atoms. The zero-order valence-corrected chi connectivity index (χ0v) is 19.6. The van der Waals surface area contributed by atoms with E-state index in [1.54, 1.807) is 6.21 Å². The normalized spacial score (nSPS) is 13.0. The summed E-state index contributed by atoms with van der Waals surface area (Å²) in [6, 6.07) is 24.0. The third kappa shape index (κ3) is 4.41. The fourth-order valence-corrected chi connectivity index (χ4v) is 4.09. The number of hydrazone groups is 1. The molecule has 1 aliphatic rings. The Kier molecular flexibility index (Phi) is 5.63. The Morgan fingerprint density at radius 3 is 2.67 bits per heavy atom. The van der Waals surface area contributed by atoms with E-state index in [9.17, 15) is 0 Å². The Bertz CT molecular complexity index is 1540. The van der Waals surface area contributed by atoms with Crippen molar-refractivity contribution >= 4 is 46.3 Å². The number of hydrogen-bond acceptors (Lipinski definition) is 8. The van der Waals surface area contributed by atoms with Gasteiger partial charge in [-0.3, -0.25) is 0 Å². The van der Waals surface area contributed by atoms with Gasteiger partial charge in [-0.15, -0.1) is 0 Å². The standard InChI is InChI=1S/C27H24N8O/c1-18-10-12-20(13-11-18)30-25-31-26(34-29-17-19-16-28-22-7-3-2-6-21(19)22)33-27(32-25)35-14-15-36-24-9-5-4-8-23(24)35/h2-13,16-17,28H,14-15H2,1H3,(H2,30,31,32,33,34)/b29-17+. The first-order valence-corrected chi connectivity index (χ1v) is 11.7. The lowest BCUT2D eigenvalue weighted by Crippen LogP contribution is -2.30. The zero-order valence-electron chi connectivity index (χ0n) is 19.6. The van der Waals surface area contributed by atoms with Gasteiger partial charge in [-0.05, 0) is 37.3 Å². The van der Waals surface area contributed by atoms with Gasteiger partial charge >= 0.3 is 0 Å². The lowest BCUT2D eigenvalue weighted by Gasteiger charge is -2.29. The Balaban J connectivity index is 1.33. The van der Waals surface area contributed by atoms with E-state index < -0.39 is 0 Å². The number of hydrogen-bond donors (Lipinski definition) is 3. The number of aromatic amines is 1. The molecule has 0 aliphatic carbocycles. The van der Waals surface area contributed by atoms with Crippen molar-refractivity contribution in [1.82, 2.24) is 19.9 Å². The number of anilines is 5. The molecule has 9 heteroatoms. The van der Waals surface area contributed by atoms with E-state index in [0.29, 0.717) is 31.0 Å². The average molecular weight is 477 g/mol. The Morgan fingerprint density at radius 2 is 1.75 bits per heavy atom. The molecule has 0 unspecified atom stereocenters. The maximum atomic E-state index is 5.81. The Morgan fingerprint density at radius 1 is 0.944 bits per heavy atom. The number of benzene rings is 3. The van der Waals surface area contributed by atoms with Crippen LogP contribution in [-0.2, 0) is 0 Å². The highest BCUT2D eigenvalue weighted by Crippen LogP contribution is 2.35. The molecule has 0 amide bonds. The molecule has 3 heterocycles. The molecule has 0 atom stereocenters. The third-order valence-electron chi connectivity index (χ3n) is 5.89. The number of nitrogens with zero attached hydrogens (tertiary/aromatic N) is 5. The number of aryl methyl sites for hydroxylation is 1. The van der Waals surface area contributed by atoms with Crippen LogP contribution in [0.3, 0.4) is 0 Å². The molecule has 0 saturated carbocycles. The number of para-hydroxylation sites is 3. The summed E-state index contributed by atoms with van der Waals surface area (Å²) in [5, 5.41) is 8.78. The quantitative estimate of drug-likeness (QED) is 0.223. The van der Waals surface area contributed by atoms with Gasteiger partial charge in [0.1, 0.15) is 12.4 Å². The molecule has 3 aromatic carbocycles. The van der Waals surface area contributed by atoms with Crippen LogP contribution in [0, 0.1) is 6.92 Å². The summed E-state index contributed by atoms with van der Waals surface area (Å²) in [5.41, 5.74) is 7.97. The van der Waals surface area contributed by atoms with Crippen molar-refractivity contribution in [3.8, 4) is 5.75 Å². The van der Waals surface area contributed by atoms with Gasteiger partial charge in [0.2, 0.25) is 17.8 Å². The van der Waals surface area contributed by atoms with Gasteiger partial charge in [0.25, 0.3) is 0 Å². The molecule has 6 rings (SSSR count). The van der Waals surface area contributed by atoms with Crippen molar-refractivity contribution in [2.75, 3.05) is 28.8 Å². The first-order chi connectivity index (χ1) is 17.7. The summed E-state index contributed by atoms with van der Waals surface area (Å²) in [6.45, 7) is 3.20. The molecule has 0 bridgehead atoms. The molecule has 0 saturated heterocycles. The number of rotatable bonds is 6. The summed E-state index contributed by atoms with van der Waals surface area (Å²) in [7, 11) is 0. The summed E-state index contributed by atoms with van der Waals surface area (Å²) >= 11 is 0. The number of H-pyrrole nitrogens is 1. The SMILES string of the molecule is Cc1ccc(Nc2nc(N/N=C/c3c[nH]c4ccccc34)nc(N3CCOc4ccccc43)n2)cc1. The number of aromatic nitrogens is 4. The van der Waals surface area contributed by atoms with Crippen molar-refractivity contribution in [1.29, 1.82) is 0 Å². The van der Waals surface area contributed by atoms with Crippen LogP contribution in [0.1, 0.15) is 11.1 Å². The van der Waals surface area contributed by atoms with Crippen molar-refractivity contribution in [3.63, 3.8) is 0 Å². The molecule has 5 aromatic rings. The van der Waals surface area contributed by atoms with Crippen molar-refractivity contribution in [3.05, 3.63) is 90.1 Å². The Hall–Kier alpha value is -4.92. The minimum atomic E-state index is 0.328. The molecule has 0 radical (unpaired) electrons. The van der Waals surface area contributed by atoms with Crippen molar-refractivity contribution in [2.24, 2.45) is 5.10 Å². The molecule has 0 fully saturated rings. The van der Waals surface area contributed by atoms with E-state index in [4.69, 9.17) is 9.72 Å². The van der Waals surface area contributed by atoms with Crippen LogP contribution in [0.2, 0.25) is 0 Å². The smallest absolute Gasteiger partial charge is 0.250 e. The van der Waals surface area contributed by atoms with Crippen molar-refractivity contribution < 1.29 is 4.74 Å². The van der Waals surface area contributed by atoms with Gasteiger partial charge in [-0.25, -0.2) is 5.43 Å². The van der Waals surface area contributed by atoms with E-state index in [0.717, 1.165) is 33.6 Å². The third-order valence-corrected chi connectivity index (χ3v) is 5.89.